The number of aromatic nitrogens is 2. The summed E-state index contributed by atoms with van der Waals surface area (Å²) in [5, 5.41) is 8.99. The van der Waals surface area contributed by atoms with E-state index in [1.54, 1.807) is 18.7 Å². The lowest BCUT2D eigenvalue weighted by Crippen LogP contribution is -2.27. The average Bonchev–Trinajstić information content (AvgIpc) is 2.80. The quantitative estimate of drug-likeness (QED) is 0.875. The first kappa shape index (κ1) is 14.7. The standard InChI is InChI=1S/C17H21N3O2/c1-19-15-8-7-14(22-2)9-16(15)20(17(19)21)11-13-5-3-12(10-18)4-6-13/h7-9,12-13H,3-6,11H2,1-2H3/t12-,13-. The maximum Gasteiger partial charge on any atom is 0.328 e. The number of fused-ring (bicyclic) bond motifs is 1. The SMILES string of the molecule is COc1ccc2c(c1)n(C[C@H]1CC[C@H](C#N)CC1)c(=O)n2C. The minimum Gasteiger partial charge on any atom is -0.497 e. The molecule has 0 N–H and O–H groups in total. The minimum absolute atomic E-state index is 0.0191. The molecule has 0 aliphatic heterocycles. The molecule has 2 aromatic rings. The van der Waals surface area contributed by atoms with E-state index in [4.69, 9.17) is 10.00 Å². The molecule has 5 nitrogen and oxygen atoms in total. The van der Waals surface area contributed by atoms with Crippen LogP contribution in [0.2, 0.25) is 0 Å². The molecule has 0 saturated heterocycles. The molecule has 1 saturated carbocycles. The molecule has 1 aromatic heterocycles. The van der Waals surface area contributed by atoms with Gasteiger partial charge in [-0.15, -0.1) is 0 Å². The maximum absolute atomic E-state index is 12.5. The van der Waals surface area contributed by atoms with Gasteiger partial charge in [0.25, 0.3) is 0 Å². The average molecular weight is 299 g/mol. The minimum atomic E-state index is 0.0191. The van der Waals surface area contributed by atoms with Gasteiger partial charge in [-0.2, -0.15) is 5.26 Å². The van der Waals surface area contributed by atoms with Gasteiger partial charge in [0.05, 0.1) is 24.2 Å². The highest BCUT2D eigenvalue weighted by Gasteiger charge is 2.23. The van der Waals surface area contributed by atoms with E-state index in [-0.39, 0.29) is 11.6 Å². The molecule has 0 unspecified atom stereocenters. The zero-order valence-electron chi connectivity index (χ0n) is 13.1. The van der Waals surface area contributed by atoms with Gasteiger partial charge in [-0.25, -0.2) is 4.79 Å². The van der Waals surface area contributed by atoms with Gasteiger partial charge in [0.2, 0.25) is 0 Å². The Morgan fingerprint density at radius 1 is 1.27 bits per heavy atom. The highest BCUT2D eigenvalue weighted by molar-refractivity contribution is 5.77. The Hall–Kier alpha value is -2.22. The Morgan fingerprint density at radius 2 is 2.00 bits per heavy atom. The number of rotatable bonds is 3. The molecular formula is C17H21N3O2. The maximum atomic E-state index is 12.5. The van der Waals surface area contributed by atoms with Crippen molar-refractivity contribution < 1.29 is 4.74 Å². The van der Waals surface area contributed by atoms with Gasteiger partial charge >= 0.3 is 5.69 Å². The molecule has 5 heteroatoms. The van der Waals surface area contributed by atoms with Crippen LogP contribution in [0.5, 0.6) is 5.75 Å². The van der Waals surface area contributed by atoms with Gasteiger partial charge in [-0.05, 0) is 43.7 Å². The summed E-state index contributed by atoms with van der Waals surface area (Å²) in [6.45, 7) is 0.724. The Balaban J connectivity index is 1.92. The number of aryl methyl sites for hydroxylation is 1. The fraction of sp³-hybridized carbons (Fsp3) is 0.529. The van der Waals surface area contributed by atoms with Crippen LogP contribution in [-0.2, 0) is 13.6 Å². The third-order valence-electron chi connectivity index (χ3n) is 4.82. The van der Waals surface area contributed by atoms with Crippen molar-refractivity contribution in [3.05, 3.63) is 28.7 Å². The van der Waals surface area contributed by atoms with E-state index < -0.39 is 0 Å². The van der Waals surface area contributed by atoms with Gasteiger partial charge in [0.15, 0.2) is 0 Å². The van der Waals surface area contributed by atoms with E-state index in [0.717, 1.165) is 49.0 Å². The highest BCUT2D eigenvalue weighted by Crippen LogP contribution is 2.30. The lowest BCUT2D eigenvalue weighted by Gasteiger charge is -2.24. The lowest BCUT2D eigenvalue weighted by molar-refractivity contribution is 0.284. The monoisotopic (exact) mass is 299 g/mol. The Morgan fingerprint density at radius 3 is 2.64 bits per heavy atom. The van der Waals surface area contributed by atoms with Crippen molar-refractivity contribution in [2.75, 3.05) is 7.11 Å². The first-order valence-electron chi connectivity index (χ1n) is 7.77. The molecule has 0 bridgehead atoms. The molecule has 1 heterocycles. The molecule has 116 valence electrons. The summed E-state index contributed by atoms with van der Waals surface area (Å²) in [6.07, 6.45) is 3.93. The van der Waals surface area contributed by atoms with Crippen LogP contribution >= 0.6 is 0 Å². The third-order valence-corrected chi connectivity index (χ3v) is 4.82. The molecule has 0 atom stereocenters. The first-order chi connectivity index (χ1) is 10.6. The van der Waals surface area contributed by atoms with Crippen molar-refractivity contribution in [1.82, 2.24) is 9.13 Å². The summed E-state index contributed by atoms with van der Waals surface area (Å²) in [7, 11) is 3.44. The van der Waals surface area contributed by atoms with Gasteiger partial charge in [-0.1, -0.05) is 0 Å². The molecule has 1 aliphatic rings. The predicted molar refractivity (Wildman–Crippen MR) is 84.8 cm³/mol. The number of methoxy groups -OCH3 is 1. The number of nitrogens with zero attached hydrogens (tertiary/aromatic N) is 3. The number of ether oxygens (including phenoxy) is 1. The number of benzene rings is 1. The second-order valence-electron chi connectivity index (χ2n) is 6.15. The predicted octanol–water partition coefficient (Wildman–Crippen LogP) is 2.68. The van der Waals surface area contributed by atoms with Crippen LogP contribution in [0, 0.1) is 23.2 Å². The molecular weight excluding hydrogens is 278 g/mol. The van der Waals surface area contributed by atoms with Gasteiger partial charge in [0, 0.05) is 25.6 Å². The van der Waals surface area contributed by atoms with Crippen molar-refractivity contribution in [3.8, 4) is 11.8 Å². The smallest absolute Gasteiger partial charge is 0.328 e. The molecule has 0 radical (unpaired) electrons. The van der Waals surface area contributed by atoms with Crippen LogP contribution < -0.4 is 10.4 Å². The van der Waals surface area contributed by atoms with Crippen LogP contribution in [-0.4, -0.2) is 16.2 Å². The van der Waals surface area contributed by atoms with E-state index in [9.17, 15) is 4.79 Å². The highest BCUT2D eigenvalue weighted by atomic mass is 16.5. The van der Waals surface area contributed by atoms with Crippen molar-refractivity contribution in [2.24, 2.45) is 18.9 Å². The number of hydrogen-bond acceptors (Lipinski definition) is 3. The molecule has 1 fully saturated rings. The largest absolute Gasteiger partial charge is 0.497 e. The summed E-state index contributed by atoms with van der Waals surface area (Å²) in [5.41, 5.74) is 1.87. The van der Waals surface area contributed by atoms with E-state index in [0.29, 0.717) is 5.92 Å². The first-order valence-corrected chi connectivity index (χ1v) is 7.77. The molecule has 1 aromatic carbocycles. The van der Waals surface area contributed by atoms with E-state index in [1.165, 1.54) is 0 Å². The number of hydrogen-bond donors (Lipinski definition) is 0. The van der Waals surface area contributed by atoms with Crippen molar-refractivity contribution in [1.29, 1.82) is 5.26 Å². The van der Waals surface area contributed by atoms with Crippen LogP contribution in [0.3, 0.4) is 0 Å². The van der Waals surface area contributed by atoms with Crippen LogP contribution in [0.4, 0.5) is 0 Å². The number of imidazole rings is 1. The van der Waals surface area contributed by atoms with Crippen molar-refractivity contribution in [3.63, 3.8) is 0 Å². The fourth-order valence-corrected chi connectivity index (χ4v) is 3.43. The summed E-state index contributed by atoms with van der Waals surface area (Å²) >= 11 is 0. The van der Waals surface area contributed by atoms with Gasteiger partial charge < -0.3 is 4.74 Å². The van der Waals surface area contributed by atoms with Gasteiger partial charge in [0.1, 0.15) is 5.75 Å². The van der Waals surface area contributed by atoms with Crippen molar-refractivity contribution in [2.45, 2.75) is 32.2 Å². The second kappa shape index (κ2) is 5.88. The van der Waals surface area contributed by atoms with E-state index in [1.807, 2.05) is 22.8 Å². The van der Waals surface area contributed by atoms with Crippen LogP contribution in [0.25, 0.3) is 11.0 Å². The third kappa shape index (κ3) is 2.50. The van der Waals surface area contributed by atoms with E-state index >= 15 is 0 Å². The topological polar surface area (TPSA) is 60.0 Å². The molecule has 3 rings (SSSR count). The fourth-order valence-electron chi connectivity index (χ4n) is 3.43. The zero-order chi connectivity index (χ0) is 15.7. The summed E-state index contributed by atoms with van der Waals surface area (Å²) in [5.74, 6) is 1.43. The van der Waals surface area contributed by atoms with E-state index in [2.05, 4.69) is 6.07 Å². The molecule has 0 spiro atoms. The number of nitriles is 1. The summed E-state index contributed by atoms with van der Waals surface area (Å²) < 4.78 is 8.83. The Bertz CT molecular complexity index is 774. The Labute approximate surface area is 129 Å². The van der Waals surface area contributed by atoms with Crippen molar-refractivity contribution >= 4 is 11.0 Å². The zero-order valence-corrected chi connectivity index (χ0v) is 13.1. The second-order valence-corrected chi connectivity index (χ2v) is 6.15. The summed E-state index contributed by atoms with van der Waals surface area (Å²) in [4.78, 5) is 12.5. The normalized spacial score (nSPS) is 21.7. The van der Waals surface area contributed by atoms with Gasteiger partial charge in [-0.3, -0.25) is 9.13 Å². The summed E-state index contributed by atoms with van der Waals surface area (Å²) in [6, 6.07) is 8.10. The lowest BCUT2D eigenvalue weighted by atomic mass is 9.83. The Kier molecular flexibility index (Phi) is 3.93. The van der Waals surface area contributed by atoms with Crippen LogP contribution in [0.15, 0.2) is 23.0 Å². The molecule has 22 heavy (non-hydrogen) atoms. The molecule has 0 amide bonds. The van der Waals surface area contributed by atoms with Crippen LogP contribution in [0.1, 0.15) is 25.7 Å². The molecule has 1 aliphatic carbocycles.